The molecule has 0 bridgehead atoms. The molecule has 0 aliphatic heterocycles. The lowest BCUT2D eigenvalue weighted by Crippen LogP contribution is -2.19. The quantitative estimate of drug-likeness (QED) is 0.861. The molecule has 1 aliphatic carbocycles. The molecule has 1 saturated carbocycles. The summed E-state index contributed by atoms with van der Waals surface area (Å²) in [5.41, 5.74) is 8.70. The number of nitrogens with one attached hydrogen (secondary N) is 1. The van der Waals surface area contributed by atoms with Crippen molar-refractivity contribution >= 4 is 26.8 Å². The molecule has 2 aromatic rings. The van der Waals surface area contributed by atoms with Crippen LogP contribution in [0.4, 0.5) is 0 Å². The second-order valence-electron chi connectivity index (χ2n) is 4.35. The van der Waals surface area contributed by atoms with E-state index in [-0.39, 0.29) is 5.41 Å². The van der Waals surface area contributed by atoms with Gasteiger partial charge in [-0.05, 0) is 40.4 Å². The van der Waals surface area contributed by atoms with Crippen molar-refractivity contribution in [3.8, 4) is 0 Å². The fourth-order valence-electron chi connectivity index (χ4n) is 2.29. The van der Waals surface area contributed by atoms with Gasteiger partial charge in [-0.1, -0.05) is 12.1 Å². The van der Waals surface area contributed by atoms with Crippen LogP contribution in [0.1, 0.15) is 18.4 Å². The SMILES string of the molecule is NCC1(c2c[nH]c3c(Br)cccc23)CC1. The molecule has 1 heterocycles. The number of hydrogen-bond donors (Lipinski definition) is 2. The molecule has 1 aliphatic rings. The van der Waals surface area contributed by atoms with E-state index in [1.807, 2.05) is 0 Å². The molecule has 1 fully saturated rings. The number of nitrogens with two attached hydrogens (primary N) is 1. The lowest BCUT2D eigenvalue weighted by Gasteiger charge is -2.10. The van der Waals surface area contributed by atoms with E-state index in [0.29, 0.717) is 0 Å². The summed E-state index contributed by atoms with van der Waals surface area (Å²) in [7, 11) is 0. The number of halogens is 1. The Morgan fingerprint density at radius 2 is 2.20 bits per heavy atom. The number of aromatic nitrogens is 1. The van der Waals surface area contributed by atoms with Crippen molar-refractivity contribution < 1.29 is 0 Å². The number of rotatable bonds is 2. The minimum Gasteiger partial charge on any atom is -0.360 e. The average molecular weight is 265 g/mol. The lowest BCUT2D eigenvalue weighted by molar-refractivity contribution is 0.711. The molecule has 0 atom stereocenters. The van der Waals surface area contributed by atoms with Gasteiger partial charge in [-0.25, -0.2) is 0 Å². The van der Waals surface area contributed by atoms with Crippen LogP contribution in [0.3, 0.4) is 0 Å². The van der Waals surface area contributed by atoms with E-state index in [1.165, 1.54) is 29.3 Å². The van der Waals surface area contributed by atoms with Crippen molar-refractivity contribution in [1.29, 1.82) is 0 Å². The number of H-pyrrole nitrogens is 1. The fraction of sp³-hybridized carbons (Fsp3) is 0.333. The van der Waals surface area contributed by atoms with Crippen LogP contribution in [0.5, 0.6) is 0 Å². The van der Waals surface area contributed by atoms with Gasteiger partial charge in [0.15, 0.2) is 0 Å². The molecule has 1 aromatic carbocycles. The topological polar surface area (TPSA) is 41.8 Å². The summed E-state index contributed by atoms with van der Waals surface area (Å²) in [6, 6.07) is 6.31. The van der Waals surface area contributed by atoms with E-state index >= 15 is 0 Å². The summed E-state index contributed by atoms with van der Waals surface area (Å²) >= 11 is 3.56. The first-order valence-corrected chi connectivity index (χ1v) is 6.02. The predicted octanol–water partition coefficient (Wildman–Crippen LogP) is 2.92. The number of hydrogen-bond acceptors (Lipinski definition) is 1. The van der Waals surface area contributed by atoms with Crippen LogP contribution in [0, 0.1) is 0 Å². The van der Waals surface area contributed by atoms with Gasteiger partial charge in [-0.3, -0.25) is 0 Å². The normalized spacial score (nSPS) is 18.3. The number of benzene rings is 1. The zero-order valence-electron chi connectivity index (χ0n) is 8.39. The first-order chi connectivity index (χ1) is 7.27. The van der Waals surface area contributed by atoms with Gasteiger partial charge in [-0.15, -0.1) is 0 Å². The smallest absolute Gasteiger partial charge is 0.0601 e. The minimum absolute atomic E-state index is 0.263. The standard InChI is InChI=1S/C12H13BrN2/c13-10-3-1-2-8-9(6-15-11(8)10)12(7-14)4-5-12/h1-3,6,15H,4-5,7,14H2. The van der Waals surface area contributed by atoms with Gasteiger partial charge in [-0.2, -0.15) is 0 Å². The van der Waals surface area contributed by atoms with Gasteiger partial charge in [0.1, 0.15) is 0 Å². The van der Waals surface area contributed by atoms with Gasteiger partial charge in [0.25, 0.3) is 0 Å². The van der Waals surface area contributed by atoms with Crippen LogP contribution in [0.15, 0.2) is 28.9 Å². The highest BCUT2D eigenvalue weighted by atomic mass is 79.9. The van der Waals surface area contributed by atoms with Gasteiger partial charge in [0.05, 0.1) is 5.52 Å². The highest BCUT2D eigenvalue weighted by Gasteiger charge is 2.44. The Bertz CT molecular complexity index is 511. The third-order valence-electron chi connectivity index (χ3n) is 3.48. The predicted molar refractivity (Wildman–Crippen MR) is 66.0 cm³/mol. The van der Waals surface area contributed by atoms with Crippen molar-refractivity contribution in [2.75, 3.05) is 6.54 Å². The Labute approximate surface area is 97.0 Å². The molecule has 0 saturated heterocycles. The van der Waals surface area contributed by atoms with E-state index in [0.717, 1.165) is 11.0 Å². The van der Waals surface area contributed by atoms with Gasteiger partial charge in [0, 0.05) is 28.0 Å². The number of aromatic amines is 1. The van der Waals surface area contributed by atoms with Crippen molar-refractivity contribution in [3.63, 3.8) is 0 Å². The Balaban J connectivity index is 2.25. The maximum Gasteiger partial charge on any atom is 0.0601 e. The minimum atomic E-state index is 0.263. The molecule has 78 valence electrons. The molecule has 0 spiro atoms. The van der Waals surface area contributed by atoms with Gasteiger partial charge >= 0.3 is 0 Å². The van der Waals surface area contributed by atoms with Crippen LogP contribution < -0.4 is 5.73 Å². The summed E-state index contributed by atoms with van der Waals surface area (Å²) in [5, 5.41) is 1.31. The van der Waals surface area contributed by atoms with Crippen molar-refractivity contribution in [3.05, 3.63) is 34.4 Å². The Hall–Kier alpha value is -0.800. The highest BCUT2D eigenvalue weighted by Crippen LogP contribution is 2.49. The van der Waals surface area contributed by atoms with Crippen LogP contribution >= 0.6 is 15.9 Å². The third kappa shape index (κ3) is 1.26. The van der Waals surface area contributed by atoms with Gasteiger partial charge in [0.2, 0.25) is 0 Å². The molecule has 3 N–H and O–H groups in total. The van der Waals surface area contributed by atoms with E-state index in [9.17, 15) is 0 Å². The van der Waals surface area contributed by atoms with Crippen LogP contribution in [-0.4, -0.2) is 11.5 Å². The second-order valence-corrected chi connectivity index (χ2v) is 5.20. The lowest BCUT2D eigenvalue weighted by atomic mass is 9.96. The van der Waals surface area contributed by atoms with Crippen LogP contribution in [-0.2, 0) is 5.41 Å². The van der Waals surface area contributed by atoms with E-state index in [2.05, 4.69) is 45.3 Å². The molecule has 0 radical (unpaired) electrons. The van der Waals surface area contributed by atoms with E-state index < -0.39 is 0 Å². The molecule has 0 amide bonds. The van der Waals surface area contributed by atoms with Crippen LogP contribution in [0.25, 0.3) is 10.9 Å². The number of fused-ring (bicyclic) bond motifs is 1. The summed E-state index contributed by atoms with van der Waals surface area (Å²) in [5.74, 6) is 0. The zero-order valence-corrected chi connectivity index (χ0v) is 9.97. The molecule has 3 rings (SSSR count). The van der Waals surface area contributed by atoms with E-state index in [1.54, 1.807) is 0 Å². The van der Waals surface area contributed by atoms with Gasteiger partial charge < -0.3 is 10.7 Å². The molecular weight excluding hydrogens is 252 g/mol. The largest absolute Gasteiger partial charge is 0.360 e. The average Bonchev–Trinajstić information content (AvgIpc) is 2.92. The monoisotopic (exact) mass is 264 g/mol. The molecule has 2 nitrogen and oxygen atoms in total. The highest BCUT2D eigenvalue weighted by molar-refractivity contribution is 9.10. The molecule has 3 heteroatoms. The summed E-state index contributed by atoms with van der Waals surface area (Å²) in [4.78, 5) is 3.33. The first kappa shape index (κ1) is 9.43. The van der Waals surface area contributed by atoms with E-state index in [4.69, 9.17) is 5.73 Å². The summed E-state index contributed by atoms with van der Waals surface area (Å²) in [6.07, 6.45) is 4.57. The Morgan fingerprint density at radius 1 is 1.40 bits per heavy atom. The van der Waals surface area contributed by atoms with Crippen LogP contribution in [0.2, 0.25) is 0 Å². The maximum absolute atomic E-state index is 5.86. The third-order valence-corrected chi connectivity index (χ3v) is 4.14. The zero-order chi connectivity index (χ0) is 10.5. The van der Waals surface area contributed by atoms with Crippen molar-refractivity contribution in [2.24, 2.45) is 5.73 Å². The molecular formula is C12H13BrN2. The maximum atomic E-state index is 5.86. The fourth-order valence-corrected chi connectivity index (χ4v) is 2.77. The summed E-state index contributed by atoms with van der Waals surface area (Å²) in [6.45, 7) is 0.756. The Morgan fingerprint density at radius 3 is 2.87 bits per heavy atom. The molecule has 1 aromatic heterocycles. The van der Waals surface area contributed by atoms with Crippen molar-refractivity contribution in [1.82, 2.24) is 4.98 Å². The molecule has 0 unspecified atom stereocenters. The summed E-state index contributed by atoms with van der Waals surface area (Å²) < 4.78 is 1.12. The Kier molecular flexibility index (Phi) is 1.94. The number of para-hydroxylation sites is 1. The first-order valence-electron chi connectivity index (χ1n) is 5.23. The molecule has 15 heavy (non-hydrogen) atoms. The second kappa shape index (κ2) is 3.09. The van der Waals surface area contributed by atoms with Crippen molar-refractivity contribution in [2.45, 2.75) is 18.3 Å².